The standard InChI is InChI=1S/C16H27ClO/c17-15(14-5-6-14)7-4-13-8-11-18-16(12-13)9-2-1-3-10-16/h13-15H,1-12H2. The van der Waals surface area contributed by atoms with Crippen LogP contribution in [0.3, 0.4) is 0 Å². The van der Waals surface area contributed by atoms with Gasteiger partial charge in [-0.2, -0.15) is 0 Å². The second-order valence-electron chi connectivity index (χ2n) is 6.88. The SMILES string of the molecule is ClC(CCC1CCOC2(CCCCC2)C1)C1CC1. The van der Waals surface area contributed by atoms with Crippen LogP contribution in [0.15, 0.2) is 0 Å². The van der Waals surface area contributed by atoms with Crippen molar-refractivity contribution in [2.24, 2.45) is 11.8 Å². The predicted molar refractivity (Wildman–Crippen MR) is 76.1 cm³/mol. The van der Waals surface area contributed by atoms with E-state index >= 15 is 0 Å². The van der Waals surface area contributed by atoms with E-state index in [0.717, 1.165) is 18.4 Å². The lowest BCUT2D eigenvalue weighted by atomic mass is 9.75. The summed E-state index contributed by atoms with van der Waals surface area (Å²) in [6, 6.07) is 0. The first-order chi connectivity index (χ1) is 8.77. The van der Waals surface area contributed by atoms with Gasteiger partial charge >= 0.3 is 0 Å². The molecule has 0 amide bonds. The summed E-state index contributed by atoms with van der Waals surface area (Å²) in [4.78, 5) is 0. The van der Waals surface area contributed by atoms with Crippen molar-refractivity contribution in [1.29, 1.82) is 0 Å². The van der Waals surface area contributed by atoms with Crippen LogP contribution < -0.4 is 0 Å². The molecule has 1 saturated heterocycles. The van der Waals surface area contributed by atoms with Crippen LogP contribution in [0, 0.1) is 11.8 Å². The van der Waals surface area contributed by atoms with Crippen molar-refractivity contribution >= 4 is 11.6 Å². The van der Waals surface area contributed by atoms with E-state index in [0.29, 0.717) is 5.38 Å². The van der Waals surface area contributed by atoms with E-state index in [9.17, 15) is 0 Å². The Labute approximate surface area is 117 Å². The first-order valence-electron chi connectivity index (χ1n) is 8.05. The minimum Gasteiger partial charge on any atom is -0.375 e. The molecule has 3 rings (SSSR count). The highest BCUT2D eigenvalue weighted by Crippen LogP contribution is 2.43. The van der Waals surface area contributed by atoms with Crippen LogP contribution in [0.2, 0.25) is 0 Å². The van der Waals surface area contributed by atoms with E-state index in [-0.39, 0.29) is 5.60 Å². The lowest BCUT2D eigenvalue weighted by Gasteiger charge is -2.43. The summed E-state index contributed by atoms with van der Waals surface area (Å²) < 4.78 is 6.17. The third-order valence-corrected chi connectivity index (χ3v) is 5.92. The van der Waals surface area contributed by atoms with Crippen molar-refractivity contribution in [2.45, 2.75) is 81.6 Å². The summed E-state index contributed by atoms with van der Waals surface area (Å²) in [5.41, 5.74) is 0.280. The molecular weight excluding hydrogens is 244 g/mol. The molecule has 2 saturated carbocycles. The second kappa shape index (κ2) is 5.71. The van der Waals surface area contributed by atoms with E-state index in [1.54, 1.807) is 0 Å². The molecule has 0 aromatic carbocycles. The molecule has 3 aliphatic rings. The Kier molecular flexibility index (Phi) is 4.20. The summed E-state index contributed by atoms with van der Waals surface area (Å²) in [5, 5.41) is 0.468. The summed E-state index contributed by atoms with van der Waals surface area (Å²) >= 11 is 6.44. The van der Waals surface area contributed by atoms with Gasteiger partial charge in [-0.1, -0.05) is 19.3 Å². The van der Waals surface area contributed by atoms with Crippen molar-refractivity contribution in [2.75, 3.05) is 6.61 Å². The molecule has 0 aromatic heterocycles. The third kappa shape index (κ3) is 3.22. The zero-order chi connectivity index (χ0) is 12.4. The minimum absolute atomic E-state index is 0.280. The van der Waals surface area contributed by atoms with Crippen LogP contribution in [0.25, 0.3) is 0 Å². The Bertz CT molecular complexity index is 263. The highest BCUT2D eigenvalue weighted by Gasteiger charge is 2.38. The average molecular weight is 271 g/mol. The first kappa shape index (κ1) is 13.2. The van der Waals surface area contributed by atoms with E-state index < -0.39 is 0 Å². The monoisotopic (exact) mass is 270 g/mol. The number of alkyl halides is 1. The fraction of sp³-hybridized carbons (Fsp3) is 1.00. The fourth-order valence-corrected chi connectivity index (χ4v) is 4.39. The van der Waals surface area contributed by atoms with Crippen molar-refractivity contribution in [3.8, 4) is 0 Å². The van der Waals surface area contributed by atoms with E-state index in [1.165, 1.54) is 70.6 Å². The van der Waals surface area contributed by atoms with E-state index in [2.05, 4.69) is 0 Å². The number of ether oxygens (including phenoxy) is 1. The Morgan fingerprint density at radius 1 is 1.11 bits per heavy atom. The van der Waals surface area contributed by atoms with Gasteiger partial charge in [0.25, 0.3) is 0 Å². The highest BCUT2D eigenvalue weighted by molar-refractivity contribution is 6.20. The van der Waals surface area contributed by atoms with Gasteiger partial charge in [-0.15, -0.1) is 11.6 Å². The second-order valence-corrected chi connectivity index (χ2v) is 7.44. The third-order valence-electron chi connectivity index (χ3n) is 5.34. The maximum Gasteiger partial charge on any atom is 0.0685 e. The molecule has 0 aromatic rings. The Morgan fingerprint density at radius 2 is 1.89 bits per heavy atom. The predicted octanol–water partition coefficient (Wildman–Crippen LogP) is 4.91. The summed E-state index contributed by atoms with van der Waals surface area (Å²) in [6.07, 6.45) is 14.8. The maximum absolute atomic E-state index is 6.44. The molecule has 1 nitrogen and oxygen atoms in total. The molecule has 2 unspecified atom stereocenters. The van der Waals surface area contributed by atoms with Gasteiger partial charge < -0.3 is 4.74 Å². The molecule has 2 atom stereocenters. The van der Waals surface area contributed by atoms with Gasteiger partial charge in [0, 0.05) is 12.0 Å². The van der Waals surface area contributed by atoms with Gasteiger partial charge in [0.2, 0.25) is 0 Å². The summed E-state index contributed by atoms with van der Waals surface area (Å²) in [7, 11) is 0. The van der Waals surface area contributed by atoms with Crippen LogP contribution in [-0.2, 0) is 4.74 Å². The van der Waals surface area contributed by atoms with Crippen LogP contribution >= 0.6 is 11.6 Å². The minimum atomic E-state index is 0.280. The van der Waals surface area contributed by atoms with Gasteiger partial charge in [0.05, 0.1) is 5.60 Å². The van der Waals surface area contributed by atoms with Crippen molar-refractivity contribution in [3.05, 3.63) is 0 Å². The molecule has 0 radical (unpaired) electrons. The lowest BCUT2D eigenvalue weighted by Crippen LogP contribution is -2.41. The molecule has 2 heteroatoms. The molecule has 1 aliphatic heterocycles. The van der Waals surface area contributed by atoms with Crippen molar-refractivity contribution in [3.63, 3.8) is 0 Å². The lowest BCUT2D eigenvalue weighted by molar-refractivity contribution is -0.118. The summed E-state index contributed by atoms with van der Waals surface area (Å²) in [5.74, 6) is 1.74. The quantitative estimate of drug-likeness (QED) is 0.659. The zero-order valence-electron chi connectivity index (χ0n) is 11.5. The number of rotatable bonds is 4. The van der Waals surface area contributed by atoms with Crippen LogP contribution in [0.1, 0.15) is 70.6 Å². The highest BCUT2D eigenvalue weighted by atomic mass is 35.5. The normalized spacial score (nSPS) is 33.5. The van der Waals surface area contributed by atoms with Crippen molar-refractivity contribution < 1.29 is 4.74 Å². The average Bonchev–Trinajstić information content (AvgIpc) is 3.21. The Morgan fingerprint density at radius 3 is 2.61 bits per heavy atom. The smallest absolute Gasteiger partial charge is 0.0685 e. The molecule has 0 bridgehead atoms. The molecule has 1 heterocycles. The number of halogens is 1. The first-order valence-corrected chi connectivity index (χ1v) is 8.49. The largest absolute Gasteiger partial charge is 0.375 e. The Balaban J connectivity index is 1.47. The van der Waals surface area contributed by atoms with Crippen molar-refractivity contribution in [1.82, 2.24) is 0 Å². The topological polar surface area (TPSA) is 9.23 Å². The van der Waals surface area contributed by atoms with Crippen LogP contribution in [0.5, 0.6) is 0 Å². The molecule has 0 N–H and O–H groups in total. The van der Waals surface area contributed by atoms with Crippen LogP contribution in [0.4, 0.5) is 0 Å². The van der Waals surface area contributed by atoms with Gasteiger partial charge in [-0.3, -0.25) is 0 Å². The number of hydrogen-bond donors (Lipinski definition) is 0. The van der Waals surface area contributed by atoms with Gasteiger partial charge in [-0.25, -0.2) is 0 Å². The van der Waals surface area contributed by atoms with Gasteiger partial charge in [-0.05, 0) is 63.2 Å². The molecule has 1 spiro atoms. The fourth-order valence-electron chi connectivity index (χ4n) is 4.01. The van der Waals surface area contributed by atoms with Crippen LogP contribution in [-0.4, -0.2) is 17.6 Å². The van der Waals surface area contributed by atoms with Gasteiger partial charge in [0.15, 0.2) is 0 Å². The Hall–Kier alpha value is 0.250. The van der Waals surface area contributed by atoms with E-state index in [4.69, 9.17) is 16.3 Å². The number of hydrogen-bond acceptors (Lipinski definition) is 1. The van der Waals surface area contributed by atoms with E-state index in [1.807, 2.05) is 0 Å². The molecule has 2 aliphatic carbocycles. The zero-order valence-corrected chi connectivity index (χ0v) is 12.3. The molecule has 104 valence electrons. The summed E-state index contributed by atoms with van der Waals surface area (Å²) in [6.45, 7) is 1.00. The molecular formula is C16H27ClO. The molecule has 18 heavy (non-hydrogen) atoms. The maximum atomic E-state index is 6.44. The van der Waals surface area contributed by atoms with Gasteiger partial charge in [0.1, 0.15) is 0 Å². The molecule has 3 fully saturated rings.